The maximum Gasteiger partial charge on any atom is 0.290 e. The molecule has 74 valence electrons. The Labute approximate surface area is 89.6 Å². The van der Waals surface area contributed by atoms with Crippen LogP contribution in [0.5, 0.6) is 0 Å². The van der Waals surface area contributed by atoms with Gasteiger partial charge in [-0.1, -0.05) is 18.2 Å². The predicted octanol–water partition coefficient (Wildman–Crippen LogP) is 2.15. The van der Waals surface area contributed by atoms with E-state index in [1.807, 2.05) is 35.9 Å². The molecule has 3 aromatic rings. The van der Waals surface area contributed by atoms with E-state index in [0.29, 0.717) is 0 Å². The van der Waals surface area contributed by atoms with Gasteiger partial charge in [0.15, 0.2) is 0 Å². The lowest BCUT2D eigenvalue weighted by Gasteiger charge is -1.98. The summed E-state index contributed by atoms with van der Waals surface area (Å²) in [7, 11) is 1.91. The van der Waals surface area contributed by atoms with Crippen molar-refractivity contribution in [2.45, 2.75) is 0 Å². The van der Waals surface area contributed by atoms with Crippen LogP contribution in [0.3, 0.4) is 0 Å². The second-order valence-corrected chi connectivity index (χ2v) is 4.49. The summed E-state index contributed by atoms with van der Waals surface area (Å²) in [6.07, 6.45) is 1.57. The number of hydrogen-bond acceptors (Lipinski definition) is 3. The maximum absolute atomic E-state index is 11.6. The molecule has 0 N–H and O–H groups in total. The van der Waals surface area contributed by atoms with Crippen LogP contribution >= 0.6 is 11.3 Å². The molecule has 1 aromatic carbocycles. The van der Waals surface area contributed by atoms with E-state index in [0.717, 1.165) is 20.3 Å². The van der Waals surface area contributed by atoms with Gasteiger partial charge in [-0.15, -0.1) is 11.3 Å². The molecule has 0 radical (unpaired) electrons. The van der Waals surface area contributed by atoms with Gasteiger partial charge in [0.25, 0.3) is 5.56 Å². The number of rotatable bonds is 0. The molecule has 0 amide bonds. The molecule has 2 heterocycles. The van der Waals surface area contributed by atoms with E-state index < -0.39 is 0 Å². The zero-order chi connectivity index (χ0) is 10.4. The van der Waals surface area contributed by atoms with Crippen molar-refractivity contribution in [2.24, 2.45) is 7.05 Å². The number of aromatic nitrogens is 2. The minimum absolute atomic E-state index is 0.135. The highest BCUT2D eigenvalue weighted by Crippen LogP contribution is 2.30. The molecule has 0 saturated carbocycles. The van der Waals surface area contributed by atoms with E-state index in [1.54, 1.807) is 6.33 Å². The predicted molar refractivity (Wildman–Crippen MR) is 62.4 cm³/mol. The Morgan fingerprint density at radius 2 is 2.13 bits per heavy atom. The van der Waals surface area contributed by atoms with Gasteiger partial charge >= 0.3 is 0 Å². The molecule has 0 bridgehead atoms. The van der Waals surface area contributed by atoms with E-state index in [2.05, 4.69) is 4.98 Å². The summed E-state index contributed by atoms with van der Waals surface area (Å²) >= 11 is 1.51. The lowest BCUT2D eigenvalue weighted by molar-refractivity contribution is 0.907. The van der Waals surface area contributed by atoms with Crippen LogP contribution in [-0.4, -0.2) is 9.55 Å². The van der Waals surface area contributed by atoms with Crippen molar-refractivity contribution >= 4 is 31.6 Å². The lowest BCUT2D eigenvalue weighted by atomic mass is 10.2. The smallest absolute Gasteiger partial charge is 0.290 e. The first kappa shape index (κ1) is 8.61. The van der Waals surface area contributed by atoms with Crippen LogP contribution in [0, 0.1) is 0 Å². The van der Waals surface area contributed by atoms with Gasteiger partial charge in [-0.3, -0.25) is 4.79 Å². The highest BCUT2D eigenvalue weighted by Gasteiger charge is 2.09. The number of fused-ring (bicyclic) bond motifs is 3. The zero-order valence-electron chi connectivity index (χ0n) is 8.10. The molecule has 0 fully saturated rings. The van der Waals surface area contributed by atoms with Gasteiger partial charge in [-0.25, -0.2) is 0 Å². The van der Waals surface area contributed by atoms with Crippen LogP contribution in [0.15, 0.2) is 35.4 Å². The van der Waals surface area contributed by atoms with Gasteiger partial charge in [0.2, 0.25) is 0 Å². The van der Waals surface area contributed by atoms with Gasteiger partial charge in [0, 0.05) is 17.1 Å². The molecule has 4 heteroatoms. The Kier molecular flexibility index (Phi) is 1.67. The molecule has 0 saturated heterocycles. The van der Waals surface area contributed by atoms with E-state index in [9.17, 15) is 4.79 Å². The highest BCUT2D eigenvalue weighted by atomic mass is 32.1. The third-order valence-electron chi connectivity index (χ3n) is 2.46. The Morgan fingerprint density at radius 1 is 1.33 bits per heavy atom. The molecule has 15 heavy (non-hydrogen) atoms. The molecule has 2 aromatic heterocycles. The maximum atomic E-state index is 11.6. The van der Waals surface area contributed by atoms with Crippen LogP contribution in [0.25, 0.3) is 20.3 Å². The van der Waals surface area contributed by atoms with Crippen molar-refractivity contribution in [3.63, 3.8) is 0 Å². The topological polar surface area (TPSA) is 34.9 Å². The second kappa shape index (κ2) is 2.90. The third kappa shape index (κ3) is 1.11. The highest BCUT2D eigenvalue weighted by molar-refractivity contribution is 7.25. The molecule has 0 aliphatic carbocycles. The van der Waals surface area contributed by atoms with Crippen molar-refractivity contribution in [1.29, 1.82) is 0 Å². The number of nitrogens with zero attached hydrogens (tertiary/aromatic N) is 2. The fourth-order valence-corrected chi connectivity index (χ4v) is 2.91. The molecule has 0 aliphatic rings. The molecule has 0 unspecified atom stereocenters. The third-order valence-corrected chi connectivity index (χ3v) is 3.61. The summed E-state index contributed by atoms with van der Waals surface area (Å²) in [4.78, 5) is 15.4. The average molecular weight is 216 g/mol. The van der Waals surface area contributed by atoms with Crippen molar-refractivity contribution in [1.82, 2.24) is 9.55 Å². The average Bonchev–Trinajstić information content (AvgIpc) is 2.64. The minimum Gasteiger partial charge on any atom is -0.334 e. The zero-order valence-corrected chi connectivity index (χ0v) is 8.91. The first-order chi connectivity index (χ1) is 7.27. The van der Waals surface area contributed by atoms with Gasteiger partial charge in [-0.2, -0.15) is 4.98 Å². The number of hydrogen-bond donors (Lipinski definition) is 0. The second-order valence-electron chi connectivity index (χ2n) is 3.44. The Hall–Kier alpha value is -1.68. The molecular weight excluding hydrogens is 208 g/mol. The van der Waals surface area contributed by atoms with Gasteiger partial charge < -0.3 is 4.57 Å². The van der Waals surface area contributed by atoms with Gasteiger partial charge in [-0.05, 0) is 6.07 Å². The van der Waals surface area contributed by atoms with Gasteiger partial charge in [0.05, 0.1) is 11.8 Å². The molecular formula is C11H8N2OS. The molecule has 0 spiro atoms. The Morgan fingerprint density at radius 3 is 3.00 bits per heavy atom. The monoisotopic (exact) mass is 216 g/mol. The number of benzene rings is 1. The van der Waals surface area contributed by atoms with Crippen LogP contribution in [-0.2, 0) is 7.05 Å². The van der Waals surface area contributed by atoms with E-state index in [1.165, 1.54) is 11.3 Å². The van der Waals surface area contributed by atoms with Gasteiger partial charge in [0.1, 0.15) is 4.70 Å². The summed E-state index contributed by atoms with van der Waals surface area (Å²) in [5, 5.41) is 1.12. The fraction of sp³-hybridized carbons (Fsp3) is 0.0909. The molecule has 3 nitrogen and oxygen atoms in total. The molecule has 0 atom stereocenters. The summed E-state index contributed by atoms with van der Waals surface area (Å²) < 4.78 is 3.77. The number of thiophene rings is 1. The summed E-state index contributed by atoms with van der Waals surface area (Å²) in [5.74, 6) is 0. The van der Waals surface area contributed by atoms with E-state index in [-0.39, 0.29) is 5.56 Å². The summed E-state index contributed by atoms with van der Waals surface area (Å²) in [6, 6.07) is 8.03. The largest absolute Gasteiger partial charge is 0.334 e. The van der Waals surface area contributed by atoms with Crippen LogP contribution in [0.1, 0.15) is 0 Å². The summed E-state index contributed by atoms with van der Waals surface area (Å²) in [6.45, 7) is 0. The standard InChI is InChI=1S/C11H8N2OS/c1-13-6-12-11(14)10-9(13)7-4-2-3-5-8(7)15-10/h2-6H,1H3. The van der Waals surface area contributed by atoms with Crippen molar-refractivity contribution in [2.75, 3.05) is 0 Å². The van der Waals surface area contributed by atoms with Crippen LogP contribution in [0.4, 0.5) is 0 Å². The first-order valence-corrected chi connectivity index (χ1v) is 5.42. The van der Waals surface area contributed by atoms with Crippen molar-refractivity contribution in [3.8, 4) is 0 Å². The van der Waals surface area contributed by atoms with E-state index in [4.69, 9.17) is 0 Å². The van der Waals surface area contributed by atoms with Crippen molar-refractivity contribution < 1.29 is 0 Å². The molecule has 0 aliphatic heterocycles. The quantitative estimate of drug-likeness (QED) is 0.577. The molecule has 3 rings (SSSR count). The Bertz CT molecular complexity index is 711. The van der Waals surface area contributed by atoms with Crippen molar-refractivity contribution in [3.05, 3.63) is 40.9 Å². The van der Waals surface area contributed by atoms with E-state index >= 15 is 0 Å². The fourth-order valence-electron chi connectivity index (χ4n) is 1.78. The summed E-state index contributed by atoms with van der Waals surface area (Å²) in [5.41, 5.74) is 0.847. The minimum atomic E-state index is -0.135. The van der Waals surface area contributed by atoms with Crippen LogP contribution in [0.2, 0.25) is 0 Å². The Balaban J connectivity index is 2.72. The SMILES string of the molecule is Cn1cnc(=O)c2sc3ccccc3c21. The lowest BCUT2D eigenvalue weighted by Crippen LogP contribution is -2.07. The number of aryl methyl sites for hydroxylation is 1. The normalized spacial score (nSPS) is 11.3. The first-order valence-electron chi connectivity index (χ1n) is 4.60. The van der Waals surface area contributed by atoms with Crippen LogP contribution < -0.4 is 5.56 Å².